The Morgan fingerprint density at radius 3 is 2.62 bits per heavy atom. The lowest BCUT2D eigenvalue weighted by molar-refractivity contribution is -0.528. The van der Waals surface area contributed by atoms with Crippen molar-refractivity contribution in [2.24, 2.45) is 0 Å². The third-order valence-corrected chi connectivity index (χ3v) is 4.29. The van der Waals surface area contributed by atoms with Crippen molar-refractivity contribution in [2.75, 3.05) is 0 Å². The van der Waals surface area contributed by atoms with Crippen LogP contribution >= 0.6 is 15.9 Å². The van der Waals surface area contributed by atoms with Crippen molar-refractivity contribution >= 4 is 15.9 Å². The van der Waals surface area contributed by atoms with E-state index in [-0.39, 0.29) is 4.92 Å². The van der Waals surface area contributed by atoms with Gasteiger partial charge in [0.25, 0.3) is 0 Å². The number of nitro groups is 1. The van der Waals surface area contributed by atoms with E-state index < -0.39 is 10.4 Å². The van der Waals surface area contributed by atoms with Crippen molar-refractivity contribution in [3.05, 3.63) is 58.2 Å². The first-order valence-electron chi connectivity index (χ1n) is 5.17. The number of hydrogen-bond donors (Lipinski definition) is 0. The van der Waals surface area contributed by atoms with Crippen molar-refractivity contribution in [1.29, 1.82) is 0 Å². The molecule has 1 aromatic carbocycles. The molecule has 2 atom stereocenters. The quantitative estimate of drug-likeness (QED) is 0.361. The highest BCUT2D eigenvalue weighted by molar-refractivity contribution is 9.09. The Labute approximate surface area is 102 Å². The molecular formula is C12H12BrNO2. The minimum Gasteiger partial charge on any atom is -0.264 e. The number of hydrogen-bond acceptors (Lipinski definition) is 2. The summed E-state index contributed by atoms with van der Waals surface area (Å²) >= 11 is 3.58. The highest BCUT2D eigenvalue weighted by atomic mass is 79.9. The normalized spacial score (nSPS) is 28.9. The molecule has 0 saturated heterocycles. The Morgan fingerprint density at radius 2 is 2.00 bits per heavy atom. The third kappa shape index (κ3) is 1.89. The third-order valence-electron chi connectivity index (χ3n) is 2.98. The average molecular weight is 282 g/mol. The Bertz CT molecular complexity index is 418. The van der Waals surface area contributed by atoms with Crippen LogP contribution < -0.4 is 0 Å². The predicted octanol–water partition coefficient (Wildman–Crippen LogP) is 3.27. The van der Waals surface area contributed by atoms with Gasteiger partial charge in [-0.3, -0.25) is 10.1 Å². The van der Waals surface area contributed by atoms with Crippen LogP contribution in [0, 0.1) is 10.1 Å². The van der Waals surface area contributed by atoms with Gasteiger partial charge < -0.3 is 0 Å². The summed E-state index contributed by atoms with van der Waals surface area (Å²) in [6.45, 7) is 0. The van der Waals surface area contributed by atoms with Crippen LogP contribution in [0.3, 0.4) is 0 Å². The highest BCUT2D eigenvalue weighted by Crippen LogP contribution is 2.43. The molecule has 16 heavy (non-hydrogen) atoms. The van der Waals surface area contributed by atoms with Gasteiger partial charge in [0, 0.05) is 11.3 Å². The monoisotopic (exact) mass is 281 g/mol. The van der Waals surface area contributed by atoms with Crippen LogP contribution in [0.15, 0.2) is 42.5 Å². The van der Waals surface area contributed by atoms with Gasteiger partial charge in [-0.1, -0.05) is 58.4 Å². The largest absolute Gasteiger partial charge is 0.264 e. The molecule has 0 saturated carbocycles. The van der Waals surface area contributed by atoms with Crippen molar-refractivity contribution in [2.45, 2.75) is 23.2 Å². The van der Waals surface area contributed by atoms with E-state index in [0.717, 1.165) is 5.56 Å². The Hall–Kier alpha value is -1.16. The molecule has 0 aliphatic heterocycles. The van der Waals surface area contributed by atoms with Gasteiger partial charge in [0.1, 0.15) is 4.32 Å². The molecule has 0 N–H and O–H groups in total. The van der Waals surface area contributed by atoms with Crippen LogP contribution in [0.25, 0.3) is 0 Å². The predicted molar refractivity (Wildman–Crippen MR) is 66.2 cm³/mol. The van der Waals surface area contributed by atoms with E-state index >= 15 is 0 Å². The van der Waals surface area contributed by atoms with Gasteiger partial charge >= 0.3 is 0 Å². The van der Waals surface area contributed by atoms with Crippen LogP contribution in [-0.2, 0) is 4.32 Å². The van der Waals surface area contributed by atoms with Crippen molar-refractivity contribution in [1.82, 2.24) is 0 Å². The van der Waals surface area contributed by atoms with Gasteiger partial charge in [-0.2, -0.15) is 0 Å². The summed E-state index contributed by atoms with van der Waals surface area (Å²) in [5.41, 5.74) is 0.973. The van der Waals surface area contributed by atoms with Crippen molar-refractivity contribution < 1.29 is 4.92 Å². The summed E-state index contributed by atoms with van der Waals surface area (Å²) < 4.78 is -0.563. The van der Waals surface area contributed by atoms with E-state index in [2.05, 4.69) is 15.9 Å². The maximum Gasteiger partial charge on any atom is 0.235 e. The first kappa shape index (κ1) is 11.3. The zero-order valence-electron chi connectivity index (χ0n) is 8.67. The lowest BCUT2D eigenvalue weighted by Crippen LogP contribution is -2.40. The summed E-state index contributed by atoms with van der Waals surface area (Å²) in [6.07, 6.45) is 5.02. The summed E-state index contributed by atoms with van der Waals surface area (Å²) in [5.74, 6) is 0. The number of nitrogens with zero attached hydrogens (tertiary/aromatic N) is 1. The molecule has 1 aromatic rings. The van der Waals surface area contributed by atoms with E-state index in [4.69, 9.17) is 0 Å². The fourth-order valence-electron chi connectivity index (χ4n) is 2.08. The number of alkyl halides is 1. The Morgan fingerprint density at radius 1 is 1.31 bits per heavy atom. The summed E-state index contributed by atoms with van der Waals surface area (Å²) in [4.78, 5) is 10.9. The number of benzene rings is 1. The molecular weight excluding hydrogens is 270 g/mol. The van der Waals surface area contributed by atoms with Crippen molar-refractivity contribution in [3.63, 3.8) is 0 Å². The maximum atomic E-state index is 11.1. The average Bonchev–Trinajstić information content (AvgIpc) is 2.30. The van der Waals surface area contributed by atoms with Crippen LogP contribution in [-0.4, -0.2) is 11.0 Å². The van der Waals surface area contributed by atoms with Crippen LogP contribution in [0.5, 0.6) is 0 Å². The second-order valence-electron chi connectivity index (χ2n) is 3.94. The molecule has 0 aromatic heterocycles. The molecule has 1 aliphatic carbocycles. The second-order valence-corrected chi connectivity index (χ2v) is 5.36. The second kappa shape index (κ2) is 4.37. The van der Waals surface area contributed by atoms with E-state index in [9.17, 15) is 10.1 Å². The molecule has 3 nitrogen and oxygen atoms in total. The van der Waals surface area contributed by atoms with Gasteiger partial charge in [-0.05, 0) is 12.0 Å². The molecule has 1 aliphatic rings. The highest BCUT2D eigenvalue weighted by Gasteiger charge is 2.46. The SMILES string of the molecule is O=[N+]([O-])C1CC=CCC1(Br)c1ccccc1. The van der Waals surface area contributed by atoms with E-state index in [0.29, 0.717) is 12.8 Å². The number of rotatable bonds is 2. The molecule has 84 valence electrons. The number of halogens is 1. The summed E-state index contributed by atoms with van der Waals surface area (Å²) in [5, 5.41) is 11.1. The van der Waals surface area contributed by atoms with Gasteiger partial charge in [-0.15, -0.1) is 0 Å². The first-order valence-corrected chi connectivity index (χ1v) is 5.97. The zero-order chi connectivity index (χ0) is 11.6. The fraction of sp³-hybridized carbons (Fsp3) is 0.333. The molecule has 0 radical (unpaired) electrons. The van der Waals surface area contributed by atoms with E-state index in [1.54, 1.807) is 0 Å². The molecule has 0 heterocycles. The molecule has 0 bridgehead atoms. The fourth-order valence-corrected chi connectivity index (χ4v) is 2.89. The smallest absolute Gasteiger partial charge is 0.235 e. The molecule has 0 spiro atoms. The van der Waals surface area contributed by atoms with E-state index in [1.807, 2.05) is 42.5 Å². The molecule has 2 rings (SSSR count). The molecule has 0 amide bonds. The van der Waals surface area contributed by atoms with Crippen LogP contribution in [0.2, 0.25) is 0 Å². The lowest BCUT2D eigenvalue weighted by Gasteiger charge is -2.31. The Balaban J connectivity index is 2.42. The lowest BCUT2D eigenvalue weighted by atomic mass is 9.83. The van der Waals surface area contributed by atoms with Gasteiger partial charge in [0.05, 0.1) is 0 Å². The van der Waals surface area contributed by atoms with Crippen molar-refractivity contribution in [3.8, 4) is 0 Å². The van der Waals surface area contributed by atoms with Gasteiger partial charge in [0.2, 0.25) is 6.04 Å². The van der Waals surface area contributed by atoms with Gasteiger partial charge in [0.15, 0.2) is 0 Å². The molecule has 0 fully saturated rings. The molecule has 2 unspecified atom stereocenters. The minimum absolute atomic E-state index is 0.189. The molecule has 4 heteroatoms. The zero-order valence-corrected chi connectivity index (χ0v) is 10.3. The maximum absolute atomic E-state index is 11.1. The Kier molecular flexibility index (Phi) is 3.10. The van der Waals surface area contributed by atoms with Gasteiger partial charge in [-0.25, -0.2) is 0 Å². The topological polar surface area (TPSA) is 43.1 Å². The minimum atomic E-state index is -0.597. The summed E-state index contributed by atoms with van der Waals surface area (Å²) in [6, 6.07) is 9.01. The van der Waals surface area contributed by atoms with Crippen LogP contribution in [0.4, 0.5) is 0 Å². The first-order chi connectivity index (χ1) is 7.64. The summed E-state index contributed by atoms with van der Waals surface area (Å²) in [7, 11) is 0. The standard InChI is InChI=1S/C12H12BrNO2/c13-12(10-6-2-1-3-7-10)9-5-4-8-11(12)14(15)16/h1-7,11H,8-9H2. The van der Waals surface area contributed by atoms with E-state index in [1.165, 1.54) is 0 Å². The van der Waals surface area contributed by atoms with Crippen LogP contribution in [0.1, 0.15) is 18.4 Å². The number of allylic oxidation sites excluding steroid dienone is 1.